The second-order valence-electron chi connectivity index (χ2n) is 2.79. The molecule has 0 fully saturated rings. The largest absolute Gasteiger partial charge is 0.353 e. The Morgan fingerprint density at radius 3 is 2.31 bits per heavy atom. The van der Waals surface area contributed by atoms with E-state index in [4.69, 9.17) is 9.05 Å². The number of unbranched alkanes of at least 4 members (excludes halogenated alkanes) is 3. The first-order valence-electron chi connectivity index (χ1n) is 4.57. The average molecular weight is 206 g/mol. The Morgan fingerprint density at radius 2 is 1.85 bits per heavy atom. The van der Waals surface area contributed by atoms with Crippen LogP contribution in [0.2, 0.25) is 0 Å². The van der Waals surface area contributed by atoms with Crippen molar-refractivity contribution in [2.45, 2.75) is 32.6 Å². The third-order valence-corrected chi connectivity index (χ3v) is 3.37. The molecule has 78 valence electrons. The van der Waals surface area contributed by atoms with Crippen LogP contribution in [0.3, 0.4) is 0 Å². The first-order valence-corrected chi connectivity index (χ1v) is 6.18. The van der Waals surface area contributed by atoms with Crippen LogP contribution in [0.4, 0.5) is 0 Å². The van der Waals surface area contributed by atoms with Crippen molar-refractivity contribution in [2.24, 2.45) is 0 Å². The van der Waals surface area contributed by atoms with Gasteiger partial charge in [0.1, 0.15) is 0 Å². The molecule has 0 heterocycles. The quantitative estimate of drug-likeness (QED) is 0.472. The van der Waals surface area contributed by atoms with Gasteiger partial charge >= 0.3 is 7.60 Å². The Balaban J connectivity index is 3.75. The van der Waals surface area contributed by atoms with Crippen molar-refractivity contribution in [3.63, 3.8) is 0 Å². The molecular formula is C9H19O3P. The minimum atomic E-state index is -2.91. The number of allylic oxidation sites excluding steroid dienone is 1. The molecule has 13 heavy (non-hydrogen) atoms. The predicted octanol–water partition coefficient (Wildman–Crippen LogP) is 3.57. The van der Waals surface area contributed by atoms with E-state index in [1.807, 2.05) is 6.08 Å². The maximum atomic E-state index is 11.5. The molecule has 0 aliphatic heterocycles. The van der Waals surface area contributed by atoms with Crippen LogP contribution in [0.15, 0.2) is 11.9 Å². The summed E-state index contributed by atoms with van der Waals surface area (Å²) in [6.07, 6.45) is 6.32. The van der Waals surface area contributed by atoms with Gasteiger partial charge in [0, 0.05) is 20.0 Å². The van der Waals surface area contributed by atoms with Gasteiger partial charge in [-0.15, -0.1) is 0 Å². The Bertz CT molecular complexity index is 181. The Morgan fingerprint density at radius 1 is 1.23 bits per heavy atom. The molecule has 3 nitrogen and oxygen atoms in total. The average Bonchev–Trinajstić information content (AvgIpc) is 2.17. The van der Waals surface area contributed by atoms with Gasteiger partial charge in [0.05, 0.1) is 0 Å². The molecule has 0 atom stereocenters. The summed E-state index contributed by atoms with van der Waals surface area (Å²) in [6, 6.07) is 0. The maximum absolute atomic E-state index is 11.5. The molecule has 0 aliphatic rings. The van der Waals surface area contributed by atoms with E-state index in [0.29, 0.717) is 0 Å². The zero-order valence-electron chi connectivity index (χ0n) is 8.66. The summed E-state index contributed by atoms with van der Waals surface area (Å²) < 4.78 is 20.9. The first kappa shape index (κ1) is 12.9. The molecule has 4 heteroatoms. The molecule has 0 bridgehead atoms. The molecule has 0 unspecified atom stereocenters. The van der Waals surface area contributed by atoms with Gasteiger partial charge in [-0.25, -0.2) is 0 Å². The lowest BCUT2D eigenvalue weighted by molar-refractivity contribution is 0.286. The Labute approximate surface area is 80.7 Å². The zero-order valence-corrected chi connectivity index (χ0v) is 9.55. The van der Waals surface area contributed by atoms with Crippen LogP contribution in [0.5, 0.6) is 0 Å². The van der Waals surface area contributed by atoms with E-state index in [-0.39, 0.29) is 0 Å². The highest BCUT2D eigenvalue weighted by Crippen LogP contribution is 2.47. The third kappa shape index (κ3) is 6.03. The molecule has 0 amide bonds. The fourth-order valence-electron chi connectivity index (χ4n) is 0.912. The summed E-state index contributed by atoms with van der Waals surface area (Å²) in [4.78, 5) is 0. The lowest BCUT2D eigenvalue weighted by Crippen LogP contribution is -1.83. The summed E-state index contributed by atoms with van der Waals surface area (Å²) in [5.74, 6) is 1.53. The fraction of sp³-hybridized carbons (Fsp3) is 0.778. The fourth-order valence-corrected chi connectivity index (χ4v) is 1.71. The molecule has 0 aliphatic carbocycles. The third-order valence-electron chi connectivity index (χ3n) is 1.77. The Hall–Kier alpha value is -0.110. The van der Waals surface area contributed by atoms with Gasteiger partial charge in [-0.3, -0.25) is 4.57 Å². The smallest absolute Gasteiger partial charge is 0.309 e. The highest BCUT2D eigenvalue weighted by atomic mass is 31.2. The summed E-state index contributed by atoms with van der Waals surface area (Å²) in [7, 11) is -0.131. The van der Waals surface area contributed by atoms with Crippen LogP contribution in [0, 0.1) is 0 Å². The number of hydrogen-bond donors (Lipinski definition) is 0. The van der Waals surface area contributed by atoms with Gasteiger partial charge < -0.3 is 9.05 Å². The van der Waals surface area contributed by atoms with Crippen LogP contribution >= 0.6 is 7.60 Å². The van der Waals surface area contributed by atoms with Crippen LogP contribution in [-0.4, -0.2) is 14.2 Å². The lowest BCUT2D eigenvalue weighted by Gasteiger charge is -2.07. The van der Waals surface area contributed by atoms with Crippen molar-refractivity contribution in [2.75, 3.05) is 14.2 Å². The van der Waals surface area contributed by atoms with Crippen LogP contribution < -0.4 is 0 Å². The van der Waals surface area contributed by atoms with E-state index in [0.717, 1.165) is 12.8 Å². The maximum Gasteiger partial charge on any atom is 0.353 e. The van der Waals surface area contributed by atoms with E-state index >= 15 is 0 Å². The minimum Gasteiger partial charge on any atom is -0.309 e. The van der Waals surface area contributed by atoms with Crippen molar-refractivity contribution < 1.29 is 13.6 Å². The molecule has 0 aromatic rings. The van der Waals surface area contributed by atoms with Gasteiger partial charge in [-0.2, -0.15) is 0 Å². The number of hydrogen-bond acceptors (Lipinski definition) is 3. The normalized spacial score (nSPS) is 12.5. The summed E-state index contributed by atoms with van der Waals surface area (Å²) in [5, 5.41) is 0. The minimum absolute atomic E-state index is 0.935. The molecule has 0 rings (SSSR count). The summed E-state index contributed by atoms with van der Waals surface area (Å²) >= 11 is 0. The second-order valence-corrected chi connectivity index (χ2v) is 4.89. The van der Waals surface area contributed by atoms with Crippen molar-refractivity contribution in [3.05, 3.63) is 11.9 Å². The topological polar surface area (TPSA) is 35.5 Å². The predicted molar refractivity (Wildman–Crippen MR) is 54.9 cm³/mol. The molecule has 0 saturated carbocycles. The van der Waals surface area contributed by atoms with Crippen LogP contribution in [-0.2, 0) is 13.6 Å². The molecule has 0 aromatic heterocycles. The molecule has 0 aromatic carbocycles. The molecule has 0 saturated heterocycles. The van der Waals surface area contributed by atoms with Gasteiger partial charge in [-0.05, 0) is 12.8 Å². The van der Waals surface area contributed by atoms with Crippen LogP contribution in [0.1, 0.15) is 32.6 Å². The van der Waals surface area contributed by atoms with E-state index < -0.39 is 7.60 Å². The number of rotatable bonds is 7. The standard InChI is InChI=1S/C9H19O3P/c1-4-5-6-7-8-9-13(10,11-2)12-3/h8-9H,4-7H2,1-3H3. The first-order chi connectivity index (χ1) is 6.18. The van der Waals surface area contributed by atoms with Gasteiger partial charge in [0.15, 0.2) is 0 Å². The van der Waals surface area contributed by atoms with Gasteiger partial charge in [0.25, 0.3) is 0 Å². The second kappa shape index (κ2) is 7.31. The van der Waals surface area contributed by atoms with Crippen LogP contribution in [0.25, 0.3) is 0 Å². The highest BCUT2D eigenvalue weighted by Gasteiger charge is 2.14. The van der Waals surface area contributed by atoms with E-state index in [1.165, 1.54) is 32.9 Å². The van der Waals surface area contributed by atoms with Crippen molar-refractivity contribution in [1.29, 1.82) is 0 Å². The Kier molecular flexibility index (Phi) is 7.25. The molecule has 0 spiro atoms. The van der Waals surface area contributed by atoms with E-state index in [9.17, 15) is 4.57 Å². The van der Waals surface area contributed by atoms with Crippen molar-refractivity contribution >= 4 is 7.60 Å². The lowest BCUT2D eigenvalue weighted by atomic mass is 10.2. The van der Waals surface area contributed by atoms with E-state index in [1.54, 1.807) is 0 Å². The van der Waals surface area contributed by atoms with Gasteiger partial charge in [0.2, 0.25) is 0 Å². The SMILES string of the molecule is CCCCCC=CP(=O)(OC)OC. The van der Waals surface area contributed by atoms with Crippen molar-refractivity contribution in [1.82, 2.24) is 0 Å². The van der Waals surface area contributed by atoms with Crippen molar-refractivity contribution in [3.8, 4) is 0 Å². The summed E-state index contributed by atoms with van der Waals surface area (Å²) in [5.41, 5.74) is 0. The highest BCUT2D eigenvalue weighted by molar-refractivity contribution is 7.57. The zero-order chi connectivity index (χ0) is 10.2. The molecular weight excluding hydrogens is 187 g/mol. The monoisotopic (exact) mass is 206 g/mol. The van der Waals surface area contributed by atoms with Gasteiger partial charge in [-0.1, -0.05) is 25.8 Å². The summed E-state index contributed by atoms with van der Waals surface area (Å²) in [6.45, 7) is 2.15. The molecule has 0 N–H and O–H groups in total. The van der Waals surface area contributed by atoms with E-state index in [2.05, 4.69) is 6.92 Å². The molecule has 0 radical (unpaired) electrons.